The number of rotatable bonds is 7. The minimum atomic E-state index is -0.427. The van der Waals surface area contributed by atoms with E-state index in [0.29, 0.717) is 5.92 Å². The molecule has 3 heterocycles. The van der Waals surface area contributed by atoms with Gasteiger partial charge in [-0.05, 0) is 59.3 Å². The van der Waals surface area contributed by atoms with Crippen molar-refractivity contribution < 1.29 is 14.1 Å². The Morgan fingerprint density at radius 1 is 1.28 bits per heavy atom. The first kappa shape index (κ1) is 22.9. The van der Waals surface area contributed by atoms with Crippen LogP contribution in [0.2, 0.25) is 0 Å². The molecule has 2 aliphatic rings. The number of piperidine rings is 1. The molecule has 1 amide bonds. The van der Waals surface area contributed by atoms with Gasteiger partial charge in [-0.15, -0.1) is 11.6 Å². The zero-order valence-corrected chi connectivity index (χ0v) is 19.4. The van der Waals surface area contributed by atoms with Gasteiger partial charge in [0.25, 0.3) is 0 Å². The van der Waals surface area contributed by atoms with E-state index in [0.717, 1.165) is 48.7 Å². The molecule has 1 atom stereocenters. The molecule has 1 aromatic rings. The van der Waals surface area contributed by atoms with Gasteiger partial charge in [-0.2, -0.15) is 0 Å². The van der Waals surface area contributed by atoms with Gasteiger partial charge in [0, 0.05) is 36.7 Å². The van der Waals surface area contributed by atoms with Crippen molar-refractivity contribution in [3.8, 4) is 0 Å². The van der Waals surface area contributed by atoms with Crippen molar-refractivity contribution in [1.82, 2.24) is 14.9 Å². The van der Waals surface area contributed by atoms with E-state index in [1.165, 1.54) is 6.42 Å². The third-order valence-corrected chi connectivity index (χ3v) is 7.34. The van der Waals surface area contributed by atoms with Crippen molar-refractivity contribution in [1.29, 1.82) is 0 Å². The predicted octanol–water partition coefficient (Wildman–Crippen LogP) is 3.13. The molecule has 9 heteroatoms. The van der Waals surface area contributed by atoms with Crippen molar-refractivity contribution in [3.05, 3.63) is 12.4 Å². The van der Waals surface area contributed by atoms with E-state index in [4.69, 9.17) is 20.9 Å². The molecule has 29 heavy (non-hydrogen) atoms. The monoisotopic (exact) mass is 439 g/mol. The molecular formula is C20H31BClN3O3S. The van der Waals surface area contributed by atoms with Crippen LogP contribution in [0.3, 0.4) is 0 Å². The normalized spacial score (nSPS) is 23.4. The van der Waals surface area contributed by atoms with Crippen molar-refractivity contribution in [2.45, 2.75) is 69.7 Å². The van der Waals surface area contributed by atoms with E-state index in [-0.39, 0.29) is 23.0 Å². The Balaban J connectivity index is 1.41. The average molecular weight is 440 g/mol. The lowest BCUT2D eigenvalue weighted by atomic mass is 9.81. The van der Waals surface area contributed by atoms with Crippen molar-refractivity contribution in [2.24, 2.45) is 5.92 Å². The SMILES string of the molecule is CC1(C)OB(c2cnc(SCCC[C@@H]3CCCN(C(=O)CCl)C3)nc2)OC1(C)C. The van der Waals surface area contributed by atoms with Crippen LogP contribution in [0.5, 0.6) is 0 Å². The fourth-order valence-corrected chi connectivity index (χ4v) is 4.57. The molecule has 2 fully saturated rings. The molecule has 1 aromatic heterocycles. The first-order valence-corrected chi connectivity index (χ1v) is 11.9. The number of amides is 1. The minimum absolute atomic E-state index is 0.0567. The standard InChI is InChI=1S/C20H31BClN3O3S/c1-19(2)20(3,4)28-21(27-19)16-12-23-18(24-13-16)29-10-6-8-15-7-5-9-25(14-15)17(26)11-22/h12-13,15H,5-11,14H2,1-4H3/t15-/m0/s1. The summed E-state index contributed by atoms with van der Waals surface area (Å²) in [5.74, 6) is 1.68. The quantitative estimate of drug-likeness (QED) is 0.214. The van der Waals surface area contributed by atoms with Gasteiger partial charge in [-0.25, -0.2) is 9.97 Å². The lowest BCUT2D eigenvalue weighted by Gasteiger charge is -2.32. The van der Waals surface area contributed by atoms with Crippen LogP contribution in [0, 0.1) is 5.92 Å². The molecule has 0 unspecified atom stereocenters. The van der Waals surface area contributed by atoms with Crippen molar-refractivity contribution >= 4 is 41.9 Å². The molecule has 0 bridgehead atoms. The largest absolute Gasteiger partial charge is 0.498 e. The lowest BCUT2D eigenvalue weighted by Crippen LogP contribution is -2.41. The Labute approximate surface area is 183 Å². The number of carbonyl (C=O) groups excluding carboxylic acids is 1. The maximum atomic E-state index is 11.8. The van der Waals surface area contributed by atoms with Crippen LogP contribution in [0.25, 0.3) is 0 Å². The highest BCUT2D eigenvalue weighted by molar-refractivity contribution is 7.99. The van der Waals surface area contributed by atoms with E-state index in [2.05, 4.69) is 9.97 Å². The lowest BCUT2D eigenvalue weighted by molar-refractivity contribution is -0.130. The number of likely N-dealkylation sites (tertiary alicyclic amines) is 1. The van der Waals surface area contributed by atoms with Crippen molar-refractivity contribution in [2.75, 3.05) is 24.7 Å². The summed E-state index contributed by atoms with van der Waals surface area (Å²) in [5.41, 5.74) is 0.113. The molecule has 0 aliphatic carbocycles. The highest BCUT2D eigenvalue weighted by atomic mass is 35.5. The average Bonchev–Trinajstić information content (AvgIpc) is 2.92. The summed E-state index contributed by atoms with van der Waals surface area (Å²) in [6.07, 6.45) is 8.06. The second-order valence-electron chi connectivity index (χ2n) is 8.86. The number of alkyl halides is 1. The summed E-state index contributed by atoms with van der Waals surface area (Å²) in [5, 5.41) is 0.771. The molecule has 0 spiro atoms. The van der Waals surface area contributed by atoms with Gasteiger partial charge in [-0.1, -0.05) is 11.8 Å². The van der Waals surface area contributed by atoms with Crippen LogP contribution in [0.1, 0.15) is 53.4 Å². The first-order valence-electron chi connectivity index (χ1n) is 10.4. The third-order valence-electron chi connectivity index (χ3n) is 6.15. The van der Waals surface area contributed by atoms with Crippen molar-refractivity contribution in [3.63, 3.8) is 0 Å². The second kappa shape index (κ2) is 9.54. The zero-order chi connectivity index (χ0) is 21.1. The van der Waals surface area contributed by atoms with Gasteiger partial charge in [0.1, 0.15) is 5.88 Å². The Bertz CT molecular complexity index is 689. The Morgan fingerprint density at radius 3 is 2.55 bits per heavy atom. The summed E-state index contributed by atoms with van der Waals surface area (Å²) < 4.78 is 12.1. The van der Waals surface area contributed by atoms with E-state index in [9.17, 15) is 4.79 Å². The molecule has 160 valence electrons. The number of aromatic nitrogens is 2. The topological polar surface area (TPSA) is 64.5 Å². The van der Waals surface area contributed by atoms with Gasteiger partial charge in [0.2, 0.25) is 5.91 Å². The second-order valence-corrected chi connectivity index (χ2v) is 10.2. The Morgan fingerprint density at radius 2 is 1.93 bits per heavy atom. The molecule has 0 saturated carbocycles. The van der Waals surface area contributed by atoms with Gasteiger partial charge >= 0.3 is 7.12 Å². The third kappa shape index (κ3) is 5.66. The molecule has 0 N–H and O–H groups in total. The molecule has 6 nitrogen and oxygen atoms in total. The number of hydrogen-bond acceptors (Lipinski definition) is 6. The predicted molar refractivity (Wildman–Crippen MR) is 118 cm³/mol. The van der Waals surface area contributed by atoms with Crippen LogP contribution in [0.15, 0.2) is 17.6 Å². The van der Waals surface area contributed by atoms with Gasteiger partial charge in [0.15, 0.2) is 5.16 Å². The van der Waals surface area contributed by atoms with E-state index in [1.54, 1.807) is 24.2 Å². The molecule has 0 aromatic carbocycles. The van der Waals surface area contributed by atoms with Gasteiger partial charge in [0.05, 0.1) is 11.2 Å². The van der Waals surface area contributed by atoms with Crippen LogP contribution < -0.4 is 5.46 Å². The minimum Gasteiger partial charge on any atom is -0.399 e. The maximum absolute atomic E-state index is 11.8. The number of thioether (sulfide) groups is 1. The van der Waals surface area contributed by atoms with E-state index >= 15 is 0 Å². The maximum Gasteiger partial charge on any atom is 0.498 e. The number of hydrogen-bond donors (Lipinski definition) is 0. The molecule has 3 rings (SSSR count). The number of carbonyl (C=O) groups is 1. The van der Waals surface area contributed by atoms with Gasteiger partial charge < -0.3 is 14.2 Å². The van der Waals surface area contributed by atoms with Crippen LogP contribution in [0.4, 0.5) is 0 Å². The van der Waals surface area contributed by atoms with Gasteiger partial charge in [-0.3, -0.25) is 4.79 Å². The summed E-state index contributed by atoms with van der Waals surface area (Å²) in [4.78, 5) is 22.6. The summed E-state index contributed by atoms with van der Waals surface area (Å²) in [6, 6.07) is 0. The summed E-state index contributed by atoms with van der Waals surface area (Å²) >= 11 is 7.35. The van der Waals surface area contributed by atoms with Crippen LogP contribution in [-0.2, 0) is 14.1 Å². The summed E-state index contributed by atoms with van der Waals surface area (Å²) in [6.45, 7) is 9.84. The van der Waals surface area contributed by atoms with Crippen LogP contribution in [-0.4, -0.2) is 63.8 Å². The molecule has 2 saturated heterocycles. The fourth-order valence-electron chi connectivity index (χ4n) is 3.65. The Hall–Kier alpha value is -0.825. The molecule has 2 aliphatic heterocycles. The summed E-state index contributed by atoms with van der Waals surface area (Å²) in [7, 11) is -0.427. The molecular weight excluding hydrogens is 409 g/mol. The highest BCUT2D eigenvalue weighted by Gasteiger charge is 2.51. The molecule has 0 radical (unpaired) electrons. The van der Waals surface area contributed by atoms with Crippen LogP contribution >= 0.6 is 23.4 Å². The number of nitrogens with zero attached hydrogens (tertiary/aromatic N) is 3. The van der Waals surface area contributed by atoms with E-state index < -0.39 is 7.12 Å². The highest BCUT2D eigenvalue weighted by Crippen LogP contribution is 2.36. The van der Waals surface area contributed by atoms with E-state index in [1.807, 2.05) is 32.6 Å². The Kier molecular flexibility index (Phi) is 7.52. The first-order chi connectivity index (χ1) is 13.7. The smallest absolute Gasteiger partial charge is 0.399 e. The fraction of sp³-hybridized carbons (Fsp3) is 0.750. The number of halogens is 1. The zero-order valence-electron chi connectivity index (χ0n) is 17.8.